The number of amides is 1. The van der Waals surface area contributed by atoms with Crippen molar-refractivity contribution in [3.8, 4) is 34.3 Å². The lowest BCUT2D eigenvalue weighted by molar-refractivity contribution is -0.118. The highest BCUT2D eigenvalue weighted by Gasteiger charge is 2.19. The molecule has 1 heterocycles. The molecule has 0 saturated heterocycles. The van der Waals surface area contributed by atoms with Gasteiger partial charge in [0.15, 0.2) is 22.5 Å². The maximum atomic E-state index is 12.7. The number of nitrogens with one attached hydrogen (secondary N) is 1. The molecule has 0 fully saturated rings. The largest absolute Gasteiger partial charge is 0.495 e. The Morgan fingerprint density at radius 1 is 0.892 bits per heavy atom. The Morgan fingerprint density at radius 2 is 1.62 bits per heavy atom. The molecule has 0 bridgehead atoms. The van der Waals surface area contributed by atoms with E-state index in [1.165, 1.54) is 11.8 Å². The van der Waals surface area contributed by atoms with Crippen molar-refractivity contribution in [2.24, 2.45) is 0 Å². The average molecular weight is 519 g/mol. The molecule has 8 nitrogen and oxygen atoms in total. The van der Waals surface area contributed by atoms with Crippen LogP contribution in [0.4, 0.5) is 0 Å². The SMILES string of the molecule is COc1ccc(CCNC(=O)CSc2nnc(-c3ccc(C)cc3)n2-c2ccccc2OC)cc1OC. The van der Waals surface area contributed by atoms with Gasteiger partial charge >= 0.3 is 0 Å². The molecule has 3 aromatic carbocycles. The van der Waals surface area contributed by atoms with Gasteiger partial charge in [-0.1, -0.05) is 59.8 Å². The number of hydrogen-bond donors (Lipinski definition) is 1. The maximum Gasteiger partial charge on any atom is 0.230 e. The number of carbonyl (C=O) groups is 1. The van der Waals surface area contributed by atoms with Crippen molar-refractivity contribution in [2.45, 2.75) is 18.5 Å². The molecule has 37 heavy (non-hydrogen) atoms. The van der Waals surface area contributed by atoms with Crippen molar-refractivity contribution in [1.82, 2.24) is 20.1 Å². The Hall–Kier alpha value is -3.98. The zero-order valence-electron chi connectivity index (χ0n) is 21.4. The topological polar surface area (TPSA) is 87.5 Å². The van der Waals surface area contributed by atoms with Gasteiger partial charge in [0, 0.05) is 12.1 Å². The molecule has 4 rings (SSSR count). The normalized spacial score (nSPS) is 10.7. The van der Waals surface area contributed by atoms with E-state index >= 15 is 0 Å². The number of benzene rings is 3. The van der Waals surface area contributed by atoms with E-state index in [-0.39, 0.29) is 11.7 Å². The molecule has 0 unspecified atom stereocenters. The minimum absolute atomic E-state index is 0.0862. The van der Waals surface area contributed by atoms with Crippen LogP contribution in [0.5, 0.6) is 17.2 Å². The minimum Gasteiger partial charge on any atom is -0.495 e. The van der Waals surface area contributed by atoms with Crippen molar-refractivity contribution in [2.75, 3.05) is 33.6 Å². The van der Waals surface area contributed by atoms with Gasteiger partial charge in [-0.2, -0.15) is 0 Å². The van der Waals surface area contributed by atoms with Crippen LogP contribution in [0.2, 0.25) is 0 Å². The second-order valence-corrected chi connectivity index (χ2v) is 9.20. The predicted molar refractivity (Wildman–Crippen MR) is 145 cm³/mol. The molecule has 0 atom stereocenters. The van der Waals surface area contributed by atoms with Crippen molar-refractivity contribution in [3.05, 3.63) is 77.9 Å². The highest BCUT2D eigenvalue weighted by Crippen LogP contribution is 2.32. The number of nitrogens with zero attached hydrogens (tertiary/aromatic N) is 3. The van der Waals surface area contributed by atoms with E-state index in [0.29, 0.717) is 41.2 Å². The quantitative estimate of drug-likeness (QED) is 0.288. The lowest BCUT2D eigenvalue weighted by atomic mass is 10.1. The second-order valence-electron chi connectivity index (χ2n) is 8.26. The summed E-state index contributed by atoms with van der Waals surface area (Å²) in [6.45, 7) is 2.54. The van der Waals surface area contributed by atoms with Gasteiger partial charge in [0.25, 0.3) is 0 Å². The van der Waals surface area contributed by atoms with Crippen LogP contribution >= 0.6 is 11.8 Å². The summed E-state index contributed by atoms with van der Waals surface area (Å²) in [7, 11) is 4.84. The summed E-state index contributed by atoms with van der Waals surface area (Å²) in [5.74, 6) is 2.83. The fraction of sp³-hybridized carbons (Fsp3) is 0.250. The molecule has 9 heteroatoms. The van der Waals surface area contributed by atoms with Gasteiger partial charge in [-0.15, -0.1) is 10.2 Å². The van der Waals surface area contributed by atoms with Gasteiger partial charge in [0.2, 0.25) is 5.91 Å². The van der Waals surface area contributed by atoms with Crippen LogP contribution in [0.3, 0.4) is 0 Å². The third-order valence-electron chi connectivity index (χ3n) is 5.79. The average Bonchev–Trinajstić information content (AvgIpc) is 3.35. The van der Waals surface area contributed by atoms with E-state index in [2.05, 4.69) is 15.5 Å². The molecule has 0 saturated carbocycles. The summed E-state index contributed by atoms with van der Waals surface area (Å²) in [5.41, 5.74) is 3.94. The number of methoxy groups -OCH3 is 3. The molecule has 192 valence electrons. The Balaban J connectivity index is 1.46. The van der Waals surface area contributed by atoms with Gasteiger partial charge < -0.3 is 19.5 Å². The molecule has 0 aliphatic heterocycles. The van der Waals surface area contributed by atoms with Crippen molar-refractivity contribution in [3.63, 3.8) is 0 Å². The van der Waals surface area contributed by atoms with Gasteiger partial charge in [0.1, 0.15) is 5.75 Å². The van der Waals surface area contributed by atoms with Crippen LogP contribution in [0.15, 0.2) is 71.9 Å². The number of ether oxygens (including phenoxy) is 3. The summed E-state index contributed by atoms with van der Waals surface area (Å²) in [6.07, 6.45) is 0.672. The fourth-order valence-corrected chi connectivity index (χ4v) is 4.62. The van der Waals surface area contributed by atoms with Crippen molar-refractivity contribution >= 4 is 17.7 Å². The van der Waals surface area contributed by atoms with Crippen LogP contribution in [0.25, 0.3) is 17.1 Å². The first kappa shape index (κ1) is 26.1. The number of para-hydroxylation sites is 2. The first-order chi connectivity index (χ1) is 18.0. The Labute approximate surface area is 221 Å². The van der Waals surface area contributed by atoms with Crippen LogP contribution in [-0.4, -0.2) is 54.3 Å². The van der Waals surface area contributed by atoms with E-state index in [1.807, 2.05) is 78.2 Å². The second kappa shape index (κ2) is 12.3. The molecule has 0 aliphatic rings. The first-order valence-corrected chi connectivity index (χ1v) is 12.8. The van der Waals surface area contributed by atoms with Crippen LogP contribution < -0.4 is 19.5 Å². The van der Waals surface area contributed by atoms with Crippen molar-refractivity contribution < 1.29 is 19.0 Å². The van der Waals surface area contributed by atoms with Crippen LogP contribution in [-0.2, 0) is 11.2 Å². The molecule has 1 aromatic heterocycles. The van der Waals surface area contributed by atoms with E-state index in [4.69, 9.17) is 14.2 Å². The van der Waals surface area contributed by atoms with Gasteiger partial charge in [-0.05, 0) is 43.2 Å². The number of aromatic nitrogens is 3. The lowest BCUT2D eigenvalue weighted by Crippen LogP contribution is -2.27. The third kappa shape index (κ3) is 6.24. The van der Waals surface area contributed by atoms with Gasteiger partial charge in [-0.25, -0.2) is 0 Å². The molecular weight excluding hydrogens is 488 g/mol. The highest BCUT2D eigenvalue weighted by atomic mass is 32.2. The summed E-state index contributed by atoms with van der Waals surface area (Å²) in [6, 6.07) is 21.5. The maximum absolute atomic E-state index is 12.7. The molecule has 1 amide bonds. The number of carbonyl (C=O) groups excluding carboxylic acids is 1. The zero-order valence-corrected chi connectivity index (χ0v) is 22.2. The van der Waals surface area contributed by atoms with Crippen molar-refractivity contribution in [1.29, 1.82) is 0 Å². The lowest BCUT2D eigenvalue weighted by Gasteiger charge is -2.14. The third-order valence-corrected chi connectivity index (χ3v) is 6.71. The molecule has 1 N–H and O–H groups in total. The summed E-state index contributed by atoms with van der Waals surface area (Å²) >= 11 is 1.33. The summed E-state index contributed by atoms with van der Waals surface area (Å²) in [4.78, 5) is 12.7. The molecule has 4 aromatic rings. The Bertz CT molecular complexity index is 1350. The first-order valence-electron chi connectivity index (χ1n) is 11.8. The summed E-state index contributed by atoms with van der Waals surface area (Å²) < 4.78 is 18.2. The van der Waals surface area contributed by atoms with Gasteiger partial charge in [0.05, 0.1) is 32.8 Å². The number of aryl methyl sites for hydroxylation is 1. The van der Waals surface area contributed by atoms with Gasteiger partial charge in [-0.3, -0.25) is 9.36 Å². The van der Waals surface area contributed by atoms with E-state index < -0.39 is 0 Å². The van der Waals surface area contributed by atoms with Crippen LogP contribution in [0.1, 0.15) is 11.1 Å². The molecule has 0 aliphatic carbocycles. The Kier molecular flexibility index (Phi) is 8.68. The van der Waals surface area contributed by atoms with E-state index in [0.717, 1.165) is 22.4 Å². The number of rotatable bonds is 11. The standard InChI is InChI=1S/C28H30N4O4S/c1-19-9-12-21(13-10-19)27-30-31-28(32(27)22-7-5-6-8-23(22)34-2)37-18-26(33)29-16-15-20-11-14-24(35-3)25(17-20)36-4/h5-14,17H,15-16,18H2,1-4H3,(H,29,33). The van der Waals surface area contributed by atoms with Crippen LogP contribution in [0, 0.1) is 6.92 Å². The zero-order chi connectivity index (χ0) is 26.2. The number of hydrogen-bond acceptors (Lipinski definition) is 7. The smallest absolute Gasteiger partial charge is 0.230 e. The minimum atomic E-state index is -0.0862. The summed E-state index contributed by atoms with van der Waals surface area (Å²) in [5, 5.41) is 12.5. The van der Waals surface area contributed by atoms with E-state index in [1.54, 1.807) is 21.3 Å². The molecule has 0 spiro atoms. The number of thioether (sulfide) groups is 1. The predicted octanol–water partition coefficient (Wildman–Crippen LogP) is 4.72. The monoisotopic (exact) mass is 518 g/mol. The highest BCUT2D eigenvalue weighted by molar-refractivity contribution is 7.99. The fourth-order valence-electron chi connectivity index (χ4n) is 3.85. The van der Waals surface area contributed by atoms with E-state index in [9.17, 15) is 4.79 Å². The molecular formula is C28H30N4O4S. The molecule has 0 radical (unpaired) electrons. The Morgan fingerprint density at radius 3 is 2.35 bits per heavy atom.